The van der Waals surface area contributed by atoms with Crippen LogP contribution in [-0.4, -0.2) is 38.1 Å². The van der Waals surface area contributed by atoms with Gasteiger partial charge in [-0.25, -0.2) is 9.97 Å². The molecule has 2 amide bonds. The topological polar surface area (TPSA) is 114 Å². The van der Waals surface area contributed by atoms with E-state index in [1.807, 2.05) is 44.3 Å². The molecule has 0 unspecified atom stereocenters. The number of carbonyl (C=O) groups excluding carboxylic acids is 2. The van der Waals surface area contributed by atoms with Crippen molar-refractivity contribution in [2.75, 3.05) is 11.9 Å². The number of para-hydroxylation sites is 1. The molecule has 1 aliphatic carbocycles. The van der Waals surface area contributed by atoms with Crippen LogP contribution in [0.3, 0.4) is 0 Å². The summed E-state index contributed by atoms with van der Waals surface area (Å²) in [6.45, 7) is 1.84. The summed E-state index contributed by atoms with van der Waals surface area (Å²) in [6, 6.07) is 9.58. The first-order valence-corrected chi connectivity index (χ1v) is 10.8. The molecule has 3 heterocycles. The number of fused-ring (bicyclic) bond motifs is 2. The van der Waals surface area contributed by atoms with Crippen molar-refractivity contribution in [3.8, 4) is 0 Å². The van der Waals surface area contributed by atoms with Crippen LogP contribution in [0.1, 0.15) is 40.5 Å². The number of thiazole rings is 1. The summed E-state index contributed by atoms with van der Waals surface area (Å²) in [4.78, 5) is 34.3. The summed E-state index contributed by atoms with van der Waals surface area (Å²) in [5, 5.41) is 8.75. The van der Waals surface area contributed by atoms with Gasteiger partial charge in [0.2, 0.25) is 0 Å². The molecule has 0 aliphatic heterocycles. The summed E-state index contributed by atoms with van der Waals surface area (Å²) in [5.41, 5.74) is 8.63. The van der Waals surface area contributed by atoms with Crippen LogP contribution in [0.25, 0.3) is 21.3 Å². The number of benzene rings is 1. The van der Waals surface area contributed by atoms with E-state index < -0.39 is 5.91 Å². The zero-order valence-corrected chi connectivity index (χ0v) is 17.9. The van der Waals surface area contributed by atoms with Gasteiger partial charge in [-0.05, 0) is 38.0 Å². The lowest BCUT2D eigenvalue weighted by atomic mass is 10.1. The van der Waals surface area contributed by atoms with Gasteiger partial charge in [0, 0.05) is 18.7 Å². The number of hydrazine groups is 1. The molecule has 0 atom stereocenters. The Hall–Kier alpha value is -3.53. The summed E-state index contributed by atoms with van der Waals surface area (Å²) in [5.74, 6) is -0.374. The second-order valence-electron chi connectivity index (χ2n) is 7.62. The van der Waals surface area contributed by atoms with E-state index >= 15 is 0 Å². The first kappa shape index (κ1) is 19.4. The van der Waals surface area contributed by atoms with E-state index in [2.05, 4.69) is 26.3 Å². The molecule has 10 heteroatoms. The minimum Gasteiger partial charge on any atom is -0.352 e. The normalized spacial score (nSPS) is 13.5. The average Bonchev–Trinajstić information content (AvgIpc) is 3.47. The summed E-state index contributed by atoms with van der Waals surface area (Å²) in [7, 11) is 1.82. The number of aromatic nitrogens is 4. The van der Waals surface area contributed by atoms with E-state index in [4.69, 9.17) is 4.98 Å². The van der Waals surface area contributed by atoms with Crippen molar-refractivity contribution in [1.82, 2.24) is 30.6 Å². The first-order chi connectivity index (χ1) is 15.0. The molecule has 31 heavy (non-hydrogen) atoms. The van der Waals surface area contributed by atoms with Gasteiger partial charge in [0.15, 0.2) is 10.8 Å². The molecule has 0 bridgehead atoms. The van der Waals surface area contributed by atoms with Crippen LogP contribution in [0.2, 0.25) is 0 Å². The van der Waals surface area contributed by atoms with Gasteiger partial charge < -0.3 is 5.32 Å². The van der Waals surface area contributed by atoms with Crippen LogP contribution >= 0.6 is 11.3 Å². The number of amides is 2. The van der Waals surface area contributed by atoms with Crippen LogP contribution in [0, 0.1) is 6.92 Å². The van der Waals surface area contributed by atoms with Crippen molar-refractivity contribution in [2.24, 2.45) is 7.05 Å². The maximum absolute atomic E-state index is 12.9. The highest BCUT2D eigenvalue weighted by molar-refractivity contribution is 7.22. The van der Waals surface area contributed by atoms with Gasteiger partial charge in [-0.15, -0.1) is 0 Å². The van der Waals surface area contributed by atoms with E-state index in [-0.39, 0.29) is 12.5 Å². The monoisotopic (exact) mass is 435 g/mol. The smallest absolute Gasteiger partial charge is 0.270 e. The standard InChI is InChI=1S/C21H21N7O2S/c1-11-18-13(9-15(12-7-8-12)23-19(18)28(2)27-11)20(30)26-25-17(29)10-22-21-24-14-5-3-4-6-16(14)31-21/h3-6,9,12H,7-8,10H2,1-2H3,(H,22,24)(H,25,29)(H,26,30). The molecular weight excluding hydrogens is 414 g/mol. The molecule has 1 saturated carbocycles. The number of pyridine rings is 1. The molecule has 0 saturated heterocycles. The molecule has 9 nitrogen and oxygen atoms in total. The van der Waals surface area contributed by atoms with Crippen LogP contribution in [0.4, 0.5) is 5.13 Å². The number of aryl methyl sites for hydroxylation is 2. The minimum absolute atomic E-state index is 0.00883. The fraction of sp³-hybridized carbons (Fsp3) is 0.286. The van der Waals surface area contributed by atoms with Crippen molar-refractivity contribution in [3.63, 3.8) is 0 Å². The molecule has 5 rings (SSSR count). The molecule has 3 aromatic heterocycles. The Balaban J connectivity index is 1.26. The lowest BCUT2D eigenvalue weighted by molar-refractivity contribution is -0.120. The first-order valence-electron chi connectivity index (χ1n) is 10.0. The average molecular weight is 436 g/mol. The third kappa shape index (κ3) is 3.81. The van der Waals surface area contributed by atoms with Gasteiger partial charge in [-0.3, -0.25) is 25.1 Å². The van der Waals surface area contributed by atoms with Gasteiger partial charge in [0.1, 0.15) is 0 Å². The maximum Gasteiger partial charge on any atom is 0.270 e. The molecule has 158 valence electrons. The highest BCUT2D eigenvalue weighted by atomic mass is 32.1. The quantitative estimate of drug-likeness (QED) is 0.415. The second kappa shape index (κ2) is 7.62. The highest BCUT2D eigenvalue weighted by Crippen LogP contribution is 2.40. The fourth-order valence-corrected chi connectivity index (χ4v) is 4.43. The number of rotatable bonds is 5. The van der Waals surface area contributed by atoms with E-state index in [9.17, 15) is 9.59 Å². The predicted octanol–water partition coefficient (Wildman–Crippen LogP) is 2.64. The van der Waals surface area contributed by atoms with E-state index in [1.165, 1.54) is 11.3 Å². The Bertz CT molecular complexity index is 1290. The van der Waals surface area contributed by atoms with Crippen molar-refractivity contribution in [3.05, 3.63) is 47.3 Å². The Morgan fingerprint density at radius 3 is 2.77 bits per heavy atom. The van der Waals surface area contributed by atoms with Crippen LogP contribution in [-0.2, 0) is 11.8 Å². The SMILES string of the molecule is Cc1nn(C)c2nc(C3CC3)cc(C(=O)NNC(=O)CNc3nc4ccccc4s3)c12. The molecular formula is C21H21N7O2S. The molecule has 3 N–H and O–H groups in total. The van der Waals surface area contributed by atoms with Crippen molar-refractivity contribution >= 4 is 49.5 Å². The zero-order chi connectivity index (χ0) is 21.5. The minimum atomic E-state index is -0.390. The Labute approximate surface area is 181 Å². The zero-order valence-electron chi connectivity index (χ0n) is 17.1. The molecule has 0 radical (unpaired) electrons. The molecule has 1 aromatic carbocycles. The molecule has 1 fully saturated rings. The van der Waals surface area contributed by atoms with Crippen molar-refractivity contribution in [1.29, 1.82) is 0 Å². The number of nitrogens with one attached hydrogen (secondary N) is 3. The van der Waals surface area contributed by atoms with Crippen LogP contribution in [0.5, 0.6) is 0 Å². The Morgan fingerprint density at radius 2 is 2.00 bits per heavy atom. The van der Waals surface area contributed by atoms with Gasteiger partial charge in [0.05, 0.1) is 33.4 Å². The van der Waals surface area contributed by atoms with Crippen LogP contribution in [0.15, 0.2) is 30.3 Å². The number of anilines is 1. The Morgan fingerprint density at radius 1 is 1.19 bits per heavy atom. The van der Waals surface area contributed by atoms with E-state index in [1.54, 1.807) is 4.68 Å². The van der Waals surface area contributed by atoms with E-state index in [0.29, 0.717) is 27.6 Å². The van der Waals surface area contributed by atoms with Gasteiger partial charge in [-0.1, -0.05) is 23.5 Å². The van der Waals surface area contributed by atoms with E-state index in [0.717, 1.165) is 34.4 Å². The summed E-state index contributed by atoms with van der Waals surface area (Å²) < 4.78 is 2.73. The third-order valence-corrected chi connectivity index (χ3v) is 6.23. The second-order valence-corrected chi connectivity index (χ2v) is 8.65. The van der Waals surface area contributed by atoms with Crippen molar-refractivity contribution in [2.45, 2.75) is 25.7 Å². The lowest BCUT2D eigenvalue weighted by Crippen LogP contribution is -2.44. The lowest BCUT2D eigenvalue weighted by Gasteiger charge is -2.10. The third-order valence-electron chi connectivity index (χ3n) is 5.24. The number of hydrogen-bond donors (Lipinski definition) is 3. The number of carbonyl (C=O) groups is 2. The van der Waals surface area contributed by atoms with Gasteiger partial charge >= 0.3 is 0 Å². The maximum atomic E-state index is 12.9. The fourth-order valence-electron chi connectivity index (χ4n) is 3.57. The number of nitrogens with zero attached hydrogens (tertiary/aromatic N) is 4. The van der Waals surface area contributed by atoms with Gasteiger partial charge in [-0.2, -0.15) is 5.10 Å². The highest BCUT2D eigenvalue weighted by Gasteiger charge is 2.28. The number of hydrogen-bond acceptors (Lipinski definition) is 7. The summed E-state index contributed by atoms with van der Waals surface area (Å²) in [6.07, 6.45) is 2.15. The van der Waals surface area contributed by atoms with Gasteiger partial charge in [0.25, 0.3) is 11.8 Å². The molecule has 0 spiro atoms. The Kier molecular flexibility index (Phi) is 4.78. The molecule has 4 aromatic rings. The molecule has 1 aliphatic rings. The largest absolute Gasteiger partial charge is 0.352 e. The summed E-state index contributed by atoms with van der Waals surface area (Å²) >= 11 is 1.47. The predicted molar refractivity (Wildman–Crippen MR) is 119 cm³/mol. The van der Waals surface area contributed by atoms with Crippen molar-refractivity contribution < 1.29 is 9.59 Å². The van der Waals surface area contributed by atoms with Crippen LogP contribution < -0.4 is 16.2 Å².